The van der Waals surface area contributed by atoms with Gasteiger partial charge in [0.25, 0.3) is 0 Å². The van der Waals surface area contributed by atoms with Crippen LogP contribution in [0, 0.1) is 13.8 Å². The van der Waals surface area contributed by atoms with Crippen molar-refractivity contribution in [1.29, 1.82) is 0 Å². The monoisotopic (exact) mass is 812 g/mol. The van der Waals surface area contributed by atoms with Crippen LogP contribution in [0.2, 0.25) is 0 Å². The predicted molar refractivity (Wildman–Crippen MR) is 282 cm³/mol. The number of fused-ring (bicyclic) bond motifs is 11. The Hall–Kier alpha value is -7.28. The van der Waals surface area contributed by atoms with Gasteiger partial charge in [-0.3, -0.25) is 0 Å². The minimum absolute atomic E-state index is 0.426. The van der Waals surface area contributed by atoms with Gasteiger partial charge in [-0.2, -0.15) is 0 Å². The first-order valence-electron chi connectivity index (χ1n) is 23.3. The number of rotatable bonds is 3. The molecule has 0 N–H and O–H groups in total. The van der Waals surface area contributed by atoms with Gasteiger partial charge in [-0.1, -0.05) is 149 Å². The molecule has 0 heterocycles. The van der Waals surface area contributed by atoms with E-state index >= 15 is 0 Å². The lowest BCUT2D eigenvalue weighted by atomic mass is 9.83. The number of hydrogen-bond donors (Lipinski definition) is 0. The summed E-state index contributed by atoms with van der Waals surface area (Å²) in [4.78, 5) is 0. The highest BCUT2D eigenvalue weighted by atomic mass is 14.3. The van der Waals surface area contributed by atoms with Gasteiger partial charge in [0.15, 0.2) is 0 Å². The second kappa shape index (κ2) is 11.8. The summed E-state index contributed by atoms with van der Waals surface area (Å²) in [6, 6.07) is 57.5. The van der Waals surface area contributed by atoms with E-state index in [2.05, 4.69) is 187 Å². The molecule has 0 radical (unpaired) electrons. The average Bonchev–Trinajstić information content (AvgIpc) is 3.79. The zero-order valence-corrected chi connectivity index (χ0v) is 37.0. The van der Waals surface area contributed by atoms with Crippen molar-refractivity contribution in [2.75, 3.05) is 0 Å². The molecule has 0 aromatic heterocycles. The molecule has 64 heavy (non-hydrogen) atoms. The van der Waals surface area contributed by atoms with E-state index in [0.717, 1.165) is 0 Å². The highest BCUT2D eigenvalue weighted by Crippen LogP contribution is 2.52. The lowest BCUT2D eigenvalue weighted by Gasteiger charge is -2.20. The molecule has 0 nitrogen and oxygen atoms in total. The van der Waals surface area contributed by atoms with E-state index in [0.29, 0.717) is 11.8 Å². The van der Waals surface area contributed by atoms with Gasteiger partial charge >= 0.3 is 0 Å². The third kappa shape index (κ3) is 4.16. The topological polar surface area (TPSA) is 0 Å². The Morgan fingerprint density at radius 3 is 1.27 bits per heavy atom. The lowest BCUT2D eigenvalue weighted by molar-refractivity contribution is 0.869. The molecule has 0 bridgehead atoms. The maximum absolute atomic E-state index is 2.50. The summed E-state index contributed by atoms with van der Waals surface area (Å²) in [5.74, 6) is 0.884. The molecule has 0 saturated heterocycles. The second-order valence-corrected chi connectivity index (χ2v) is 19.9. The molecule has 0 aliphatic heterocycles. The van der Waals surface area contributed by atoms with Crippen LogP contribution < -0.4 is 0 Å². The number of aryl methyl sites for hydroxylation is 2. The molecule has 0 atom stereocenters. The van der Waals surface area contributed by atoms with Crippen molar-refractivity contribution in [3.8, 4) is 11.1 Å². The highest BCUT2D eigenvalue weighted by molar-refractivity contribution is 6.45. The quantitative estimate of drug-likeness (QED) is 0.123. The predicted octanol–water partition coefficient (Wildman–Crippen LogP) is 19.0. The average molecular weight is 813 g/mol. The van der Waals surface area contributed by atoms with Gasteiger partial charge < -0.3 is 0 Å². The van der Waals surface area contributed by atoms with Crippen LogP contribution in [0.25, 0.3) is 151 Å². The van der Waals surface area contributed by atoms with Crippen LogP contribution >= 0.6 is 0 Å². The zero-order chi connectivity index (χ0) is 42.6. The summed E-state index contributed by atoms with van der Waals surface area (Å²) in [7, 11) is 0. The van der Waals surface area contributed by atoms with Gasteiger partial charge in [-0.05, 0) is 223 Å². The largest absolute Gasteiger partial charge is 0.0617 e. The van der Waals surface area contributed by atoms with E-state index in [1.165, 1.54) is 173 Å². The summed E-state index contributed by atoms with van der Waals surface area (Å²) in [6.45, 7) is 13.8. The van der Waals surface area contributed by atoms with Gasteiger partial charge in [-0.15, -0.1) is 0 Å². The summed E-state index contributed by atoms with van der Waals surface area (Å²) in [6.07, 6.45) is 0. The molecule has 15 aromatic rings. The van der Waals surface area contributed by atoms with Crippen molar-refractivity contribution in [3.63, 3.8) is 0 Å². The summed E-state index contributed by atoms with van der Waals surface area (Å²) in [5, 5.41) is 35.6. The van der Waals surface area contributed by atoms with E-state index < -0.39 is 0 Å². The summed E-state index contributed by atoms with van der Waals surface area (Å²) in [5.41, 5.74) is 8.18. The molecule has 0 heteroatoms. The zero-order valence-electron chi connectivity index (χ0n) is 37.0. The normalized spacial score (nSPS) is 13.1. The highest BCUT2D eigenvalue weighted by Gasteiger charge is 2.24. The SMILES string of the molecule is Cc1cccc(C)c1-c1ccc2c3ccc4c5cc6cc7c(cc6cc5c5ccc(c6cccc1c26)c3c45)c1ccc2c3c(C(C)C)ccc4cc(C(C)C)cc(c5ccc7c1c52)c43. The first-order valence-corrected chi connectivity index (χ1v) is 23.3. The van der Waals surface area contributed by atoms with Crippen LogP contribution in [0.15, 0.2) is 146 Å². The Morgan fingerprint density at radius 1 is 0.281 bits per heavy atom. The van der Waals surface area contributed by atoms with Crippen molar-refractivity contribution in [1.82, 2.24) is 0 Å². The van der Waals surface area contributed by atoms with E-state index in [1.807, 2.05) is 0 Å². The molecule has 0 spiro atoms. The Kier molecular flexibility index (Phi) is 6.51. The molecule has 0 aliphatic carbocycles. The maximum atomic E-state index is 2.50. The fraction of sp³-hybridized carbons (Fsp3) is 0.125. The van der Waals surface area contributed by atoms with Crippen LogP contribution in [0.4, 0.5) is 0 Å². The first kappa shape index (κ1) is 35.2. The lowest BCUT2D eigenvalue weighted by Crippen LogP contribution is -1.96. The Balaban J connectivity index is 1.00. The van der Waals surface area contributed by atoms with E-state index in [4.69, 9.17) is 0 Å². The van der Waals surface area contributed by atoms with Crippen molar-refractivity contribution in [2.24, 2.45) is 0 Å². The fourth-order valence-electron chi connectivity index (χ4n) is 13.1. The molecule has 0 fully saturated rings. The van der Waals surface area contributed by atoms with Gasteiger partial charge in [0.2, 0.25) is 0 Å². The van der Waals surface area contributed by atoms with E-state index in [9.17, 15) is 0 Å². The summed E-state index contributed by atoms with van der Waals surface area (Å²) >= 11 is 0. The molecule has 15 rings (SSSR count). The molecule has 0 unspecified atom stereocenters. The molecular weight excluding hydrogens is 769 g/mol. The van der Waals surface area contributed by atoms with Gasteiger partial charge in [0.05, 0.1) is 0 Å². The molecule has 15 aromatic carbocycles. The third-order valence-electron chi connectivity index (χ3n) is 16.0. The van der Waals surface area contributed by atoms with Crippen molar-refractivity contribution in [2.45, 2.75) is 53.4 Å². The fourth-order valence-corrected chi connectivity index (χ4v) is 13.1. The van der Waals surface area contributed by atoms with Crippen LogP contribution in [0.3, 0.4) is 0 Å². The van der Waals surface area contributed by atoms with E-state index in [1.54, 1.807) is 0 Å². The smallest absolute Gasteiger partial charge is 0.00138 e. The minimum atomic E-state index is 0.426. The van der Waals surface area contributed by atoms with Crippen molar-refractivity contribution >= 4 is 140 Å². The van der Waals surface area contributed by atoms with Crippen molar-refractivity contribution in [3.05, 3.63) is 168 Å². The Labute approximate surface area is 370 Å². The first-order chi connectivity index (χ1) is 31.2. The number of hydrogen-bond acceptors (Lipinski definition) is 0. The third-order valence-corrected chi connectivity index (χ3v) is 16.0. The van der Waals surface area contributed by atoms with Crippen LogP contribution in [-0.4, -0.2) is 0 Å². The van der Waals surface area contributed by atoms with Crippen LogP contribution in [0.1, 0.15) is 61.8 Å². The van der Waals surface area contributed by atoms with E-state index in [-0.39, 0.29) is 0 Å². The van der Waals surface area contributed by atoms with Crippen LogP contribution in [0.5, 0.6) is 0 Å². The van der Waals surface area contributed by atoms with Gasteiger partial charge in [0.1, 0.15) is 0 Å². The molecule has 0 amide bonds. The Bertz CT molecular complexity index is 4390. The van der Waals surface area contributed by atoms with Crippen LogP contribution in [-0.2, 0) is 0 Å². The molecule has 300 valence electrons. The molecular formula is C64H44. The van der Waals surface area contributed by atoms with Crippen molar-refractivity contribution < 1.29 is 0 Å². The second-order valence-electron chi connectivity index (χ2n) is 19.9. The minimum Gasteiger partial charge on any atom is -0.0617 e. The molecule has 0 saturated carbocycles. The summed E-state index contributed by atoms with van der Waals surface area (Å²) < 4.78 is 0. The van der Waals surface area contributed by atoms with Gasteiger partial charge in [0, 0.05) is 0 Å². The molecule has 0 aliphatic rings. The Morgan fingerprint density at radius 2 is 0.719 bits per heavy atom. The number of benzene rings is 13. The maximum Gasteiger partial charge on any atom is -0.00138 e. The standard InChI is InChI=1S/C64H44/c1-31(2)36-25-35-13-14-39(32(3)4)60-51-24-23-49-55-30-38-28-52-46-19-17-44-41-12-8-11-40-42(57-33(5)9-7-10-34(57)6)15-16-43(59(40)41)45-18-20-47(62(46)61(44)45)53(52)27-37(38)29-54(55)48-21-22-50(64(51)63(48)49)56(26-36)58(35)60/h7-32H,1-6H3. The van der Waals surface area contributed by atoms with Gasteiger partial charge in [-0.25, -0.2) is 0 Å².